The smallest absolute Gasteiger partial charge is 0.232 e. The van der Waals surface area contributed by atoms with Crippen molar-refractivity contribution in [3.05, 3.63) is 137 Å². The lowest BCUT2D eigenvalue weighted by atomic mass is 10.1. The number of hydrogen-bond acceptors (Lipinski definition) is 7. The van der Waals surface area contributed by atoms with E-state index < -0.39 is 0 Å². The van der Waals surface area contributed by atoms with Crippen molar-refractivity contribution in [2.75, 3.05) is 45.8 Å². The van der Waals surface area contributed by atoms with Gasteiger partial charge in [0.1, 0.15) is 0 Å². The van der Waals surface area contributed by atoms with Crippen LogP contribution in [-0.4, -0.2) is 59.4 Å². The van der Waals surface area contributed by atoms with Crippen molar-refractivity contribution in [2.45, 2.75) is 38.1 Å². The maximum absolute atomic E-state index is 13.3. The summed E-state index contributed by atoms with van der Waals surface area (Å²) in [6.45, 7) is 2.70. The zero-order valence-electron chi connectivity index (χ0n) is 31.6. The van der Waals surface area contributed by atoms with E-state index in [1.165, 1.54) is 5.56 Å². The van der Waals surface area contributed by atoms with E-state index in [1.54, 1.807) is 75.8 Å². The predicted molar refractivity (Wildman–Crippen MR) is 219 cm³/mol. The minimum Gasteiger partial charge on any atom is -0.333 e. The number of fused-ring (bicyclic) bond motifs is 2. The van der Waals surface area contributed by atoms with E-state index in [0.717, 1.165) is 47.5 Å². The van der Waals surface area contributed by atoms with Crippen LogP contribution >= 0.6 is 11.6 Å². The molecule has 5 aromatic rings. The highest BCUT2D eigenvalue weighted by Gasteiger charge is 2.40. The molecule has 58 heavy (non-hydrogen) atoms. The lowest BCUT2D eigenvalue weighted by Crippen LogP contribution is -2.36. The first kappa shape index (κ1) is 38.1. The summed E-state index contributed by atoms with van der Waals surface area (Å²) in [4.78, 5) is 62.4. The molecule has 5 heterocycles. The van der Waals surface area contributed by atoms with Gasteiger partial charge in [-0.25, -0.2) is 4.98 Å². The largest absolute Gasteiger partial charge is 0.333 e. The normalized spacial score (nSPS) is 18.1. The summed E-state index contributed by atoms with van der Waals surface area (Å²) in [5.74, 6) is -0.483. The number of halogens is 1. The molecule has 0 saturated carbocycles. The molecule has 0 unspecified atom stereocenters. The molecular weight excluding hydrogens is 752 g/mol. The molecule has 0 N–H and O–H groups in total. The second kappa shape index (κ2) is 16.4. The van der Waals surface area contributed by atoms with Gasteiger partial charge in [0.25, 0.3) is 0 Å². The number of hydrogen-bond donors (Lipinski definition) is 0. The number of carbonyl (C=O) groups is 4. The summed E-state index contributed by atoms with van der Waals surface area (Å²) >= 11 is 5.90. The Labute approximate surface area is 341 Å². The monoisotopic (exact) mass is 790 g/mol. The molecule has 0 aliphatic carbocycles. The third-order valence-corrected chi connectivity index (χ3v) is 11.5. The Balaban J connectivity index is 0.000000164. The standard InChI is InChI=1S/C24H21N5O2.C21H18ClN3O2/c25-13-17-2-1-3-21(11-17)29-15-20(12-23(29)30)24(31)28-8-6-19-10-18(4-5-22(19)28)14-27-9-7-26-16-27;22-11-14-4-5-19-16(8-14)6-7-24(19)21(27)17-10-20(26)25(13-17)18-3-1-2-15(9-18)12-23/h1-5,7,9-11,16,20H,6,8,12,14-15H2;1-5,8-9,17H,6-7,10-11,13H2/t20-;17-/m00/s1. The number of anilines is 4. The molecule has 290 valence electrons. The van der Waals surface area contributed by atoms with Crippen LogP contribution in [0, 0.1) is 34.5 Å². The molecule has 0 spiro atoms. The summed E-state index contributed by atoms with van der Waals surface area (Å²) in [7, 11) is 0. The number of alkyl halides is 1. The van der Waals surface area contributed by atoms with E-state index in [4.69, 9.17) is 22.1 Å². The molecule has 2 saturated heterocycles. The highest BCUT2D eigenvalue weighted by atomic mass is 35.5. The molecule has 4 amide bonds. The first-order chi connectivity index (χ1) is 28.2. The van der Waals surface area contributed by atoms with E-state index in [9.17, 15) is 19.2 Å². The molecule has 2 atom stereocenters. The van der Waals surface area contributed by atoms with Crippen molar-refractivity contribution < 1.29 is 19.2 Å². The molecule has 12 nitrogen and oxygen atoms in total. The lowest BCUT2D eigenvalue weighted by molar-refractivity contribution is -0.124. The summed E-state index contributed by atoms with van der Waals surface area (Å²) in [5, 5.41) is 18.2. The van der Waals surface area contributed by atoms with Crippen LogP contribution in [0.3, 0.4) is 0 Å². The average molecular weight is 791 g/mol. The summed E-state index contributed by atoms with van der Waals surface area (Å²) in [5.41, 5.74) is 8.71. The van der Waals surface area contributed by atoms with Gasteiger partial charge in [0.2, 0.25) is 23.6 Å². The van der Waals surface area contributed by atoms with E-state index in [2.05, 4.69) is 29.3 Å². The van der Waals surface area contributed by atoms with Crippen LogP contribution in [0.1, 0.15) is 46.2 Å². The van der Waals surface area contributed by atoms with Gasteiger partial charge in [-0.2, -0.15) is 10.5 Å². The third-order valence-electron chi connectivity index (χ3n) is 11.2. The van der Waals surface area contributed by atoms with Gasteiger partial charge in [0, 0.05) is 86.6 Å². The molecule has 4 aromatic carbocycles. The number of rotatable bonds is 7. The van der Waals surface area contributed by atoms with Crippen molar-refractivity contribution in [3.63, 3.8) is 0 Å². The fourth-order valence-electron chi connectivity index (χ4n) is 8.31. The van der Waals surface area contributed by atoms with Crippen molar-refractivity contribution >= 4 is 58.0 Å². The van der Waals surface area contributed by atoms with E-state index in [-0.39, 0.29) is 48.3 Å². The van der Waals surface area contributed by atoms with Crippen LogP contribution in [0.5, 0.6) is 0 Å². The number of nitrogens with zero attached hydrogens (tertiary/aromatic N) is 8. The van der Waals surface area contributed by atoms with Gasteiger partial charge in [-0.1, -0.05) is 36.4 Å². The first-order valence-electron chi connectivity index (χ1n) is 19.2. The molecular formula is C45H39ClN8O4. The average Bonchev–Trinajstić information content (AvgIpc) is 4.11. The maximum Gasteiger partial charge on any atom is 0.232 e. The molecule has 4 aliphatic heterocycles. The maximum atomic E-state index is 13.3. The minimum absolute atomic E-state index is 0.00611. The third kappa shape index (κ3) is 7.67. The number of imidazole rings is 1. The first-order valence-corrected chi connectivity index (χ1v) is 19.8. The van der Waals surface area contributed by atoms with Crippen molar-refractivity contribution in [1.29, 1.82) is 10.5 Å². The van der Waals surface area contributed by atoms with Crippen molar-refractivity contribution in [1.82, 2.24) is 9.55 Å². The zero-order chi connectivity index (χ0) is 40.3. The van der Waals surface area contributed by atoms with E-state index in [1.807, 2.05) is 39.9 Å². The fourth-order valence-corrected chi connectivity index (χ4v) is 8.48. The van der Waals surface area contributed by atoms with Gasteiger partial charge < -0.3 is 24.2 Å². The number of benzene rings is 4. The predicted octanol–water partition coefficient (Wildman–Crippen LogP) is 5.98. The number of carbonyl (C=O) groups excluding carboxylic acids is 4. The van der Waals surface area contributed by atoms with Crippen molar-refractivity contribution in [2.24, 2.45) is 11.8 Å². The Morgan fingerprint density at radius 3 is 1.71 bits per heavy atom. The molecule has 0 bridgehead atoms. The molecule has 0 radical (unpaired) electrons. The fraction of sp³-hybridized carbons (Fsp3) is 0.267. The zero-order valence-corrected chi connectivity index (χ0v) is 32.4. The Morgan fingerprint density at radius 2 is 1.22 bits per heavy atom. The topological polar surface area (TPSA) is 147 Å². The van der Waals surface area contributed by atoms with E-state index in [0.29, 0.717) is 54.6 Å². The highest BCUT2D eigenvalue weighted by molar-refractivity contribution is 6.17. The highest BCUT2D eigenvalue weighted by Crippen LogP contribution is 2.35. The van der Waals surface area contributed by atoms with Crippen LogP contribution in [0.2, 0.25) is 0 Å². The van der Waals surface area contributed by atoms with Gasteiger partial charge >= 0.3 is 0 Å². The van der Waals surface area contributed by atoms with Crippen LogP contribution in [0.15, 0.2) is 104 Å². The van der Waals surface area contributed by atoms with E-state index >= 15 is 0 Å². The number of amides is 4. The Hall–Kier alpha value is -6.76. The summed E-state index contributed by atoms with van der Waals surface area (Å²) < 4.78 is 2.01. The quantitative estimate of drug-likeness (QED) is 0.184. The number of aromatic nitrogens is 2. The van der Waals surface area contributed by atoms with Crippen LogP contribution < -0.4 is 19.6 Å². The lowest BCUT2D eigenvalue weighted by Gasteiger charge is -2.22. The van der Waals surface area contributed by atoms with Gasteiger partial charge in [-0.05, 0) is 83.6 Å². The van der Waals surface area contributed by atoms with Gasteiger partial charge in [-0.15, -0.1) is 11.6 Å². The second-order valence-electron chi connectivity index (χ2n) is 14.9. The molecule has 13 heteroatoms. The molecule has 4 aliphatic rings. The van der Waals surface area contributed by atoms with Crippen molar-refractivity contribution in [3.8, 4) is 12.1 Å². The minimum atomic E-state index is -0.380. The number of nitriles is 2. The van der Waals surface area contributed by atoms with Crippen LogP contribution in [0.25, 0.3) is 0 Å². The second-order valence-corrected chi connectivity index (χ2v) is 15.2. The Kier molecular flexibility index (Phi) is 10.8. The van der Waals surface area contributed by atoms with Gasteiger partial charge in [0.15, 0.2) is 0 Å². The SMILES string of the molecule is N#Cc1cccc(N2C[C@@H](C(=O)N3CCc4cc(CCl)ccc43)CC2=O)c1.N#Cc1cccc(N2C[C@@H](C(=O)N3CCc4cc(Cn5ccnc5)ccc43)CC2=O)c1. The molecule has 9 rings (SSSR count). The molecule has 1 aromatic heterocycles. The molecule has 2 fully saturated rings. The van der Waals surface area contributed by atoms with Gasteiger partial charge in [0.05, 0.1) is 41.4 Å². The Morgan fingerprint density at radius 1 is 0.707 bits per heavy atom. The summed E-state index contributed by atoms with van der Waals surface area (Å²) in [6, 6.07) is 30.2. The summed E-state index contributed by atoms with van der Waals surface area (Å²) in [6.07, 6.45) is 7.49. The van der Waals surface area contributed by atoms with Crippen LogP contribution in [-0.2, 0) is 44.4 Å². The Bertz CT molecular complexity index is 2510. The van der Waals surface area contributed by atoms with Crippen LogP contribution in [0.4, 0.5) is 22.7 Å². The van der Waals surface area contributed by atoms with Gasteiger partial charge in [-0.3, -0.25) is 19.2 Å².